The number of imidazole rings is 1. The first-order valence-corrected chi connectivity index (χ1v) is 17.5. The summed E-state index contributed by atoms with van der Waals surface area (Å²) in [4.78, 5) is 16.8. The van der Waals surface area contributed by atoms with E-state index in [1.54, 1.807) is 12.1 Å². The van der Waals surface area contributed by atoms with E-state index < -0.39 is 5.79 Å². The Hall–Kier alpha value is -4.47. The molecule has 4 heterocycles. The van der Waals surface area contributed by atoms with Gasteiger partial charge in [0.2, 0.25) is 0 Å². The van der Waals surface area contributed by atoms with Crippen molar-refractivity contribution >= 4 is 114 Å². The number of rotatable bonds is 8. The molecule has 1 aliphatic rings. The predicted octanol–water partition coefficient (Wildman–Crippen LogP) is 11.5. The summed E-state index contributed by atoms with van der Waals surface area (Å²) in [5.41, 5.74) is 12.8. The van der Waals surface area contributed by atoms with Crippen LogP contribution in [0.2, 0.25) is 20.1 Å². The van der Waals surface area contributed by atoms with Crippen LogP contribution in [0.1, 0.15) is 32.6 Å². The fourth-order valence-corrected chi connectivity index (χ4v) is 7.31. The maximum atomic E-state index is 6.62. The molecule has 0 radical (unpaired) electrons. The zero-order valence-electron chi connectivity index (χ0n) is 26.3. The molecule has 0 bridgehead atoms. The van der Waals surface area contributed by atoms with Gasteiger partial charge in [0.25, 0.3) is 0 Å². The van der Waals surface area contributed by atoms with E-state index in [1.807, 2.05) is 71.9 Å². The van der Waals surface area contributed by atoms with Crippen molar-refractivity contribution in [1.29, 1.82) is 0 Å². The zero-order valence-corrected chi connectivity index (χ0v) is 29.3. The smallest absolute Gasteiger partial charge is 0.192 e. The Bertz CT molecular complexity index is 2360. The Morgan fingerprint density at radius 3 is 2.00 bits per heavy atom. The number of anilines is 6. The Labute approximate surface area is 302 Å². The fraction of sp³-hybridized carbons (Fsp3) is 0.162. The van der Waals surface area contributed by atoms with Crippen LogP contribution in [-0.4, -0.2) is 19.5 Å². The minimum Gasteiger partial charge on any atom is -0.382 e. The van der Waals surface area contributed by atoms with Gasteiger partial charge in [0.15, 0.2) is 17.4 Å². The molecule has 246 valence electrons. The van der Waals surface area contributed by atoms with E-state index in [0.29, 0.717) is 37.2 Å². The summed E-state index contributed by atoms with van der Waals surface area (Å²) >= 11 is 26.0. The lowest BCUT2D eigenvalue weighted by Crippen LogP contribution is -2.44. The number of aromatic nitrogens is 4. The van der Waals surface area contributed by atoms with Gasteiger partial charge in [-0.15, -0.1) is 0 Å². The van der Waals surface area contributed by atoms with Gasteiger partial charge in [-0.05, 0) is 55.0 Å². The minimum absolute atomic E-state index is 0.380. The second-order valence-electron chi connectivity index (χ2n) is 12.1. The molecule has 1 atom stereocenters. The molecule has 1 unspecified atom stereocenters. The number of nitrogens with zero attached hydrogens (tertiary/aromatic N) is 5. The van der Waals surface area contributed by atoms with Crippen LogP contribution in [0.25, 0.3) is 32.8 Å². The van der Waals surface area contributed by atoms with Crippen molar-refractivity contribution in [1.82, 2.24) is 19.5 Å². The lowest BCUT2D eigenvalue weighted by atomic mass is 10.1. The van der Waals surface area contributed by atoms with Gasteiger partial charge in [0.1, 0.15) is 11.2 Å². The molecule has 12 heteroatoms. The van der Waals surface area contributed by atoms with Gasteiger partial charge in [0.05, 0.1) is 48.7 Å². The maximum absolute atomic E-state index is 6.62. The Morgan fingerprint density at radius 1 is 0.735 bits per heavy atom. The molecule has 4 N–H and O–H groups in total. The molecular weight excluding hydrogens is 698 g/mol. The van der Waals surface area contributed by atoms with Gasteiger partial charge in [-0.1, -0.05) is 103 Å². The largest absolute Gasteiger partial charge is 0.382 e. The number of nitrogens with two attached hydrogens (primary N) is 1. The Kier molecular flexibility index (Phi) is 8.07. The topological polar surface area (TPSA) is 96.9 Å². The number of nitrogen functional groups attached to an aromatic ring is 1. The summed E-state index contributed by atoms with van der Waals surface area (Å²) in [6.45, 7) is 2.20. The van der Waals surface area contributed by atoms with Crippen molar-refractivity contribution in [2.24, 2.45) is 0 Å². The average Bonchev–Trinajstić information content (AvgIpc) is 3.73. The number of nitrogens with one attached hydrogen (secondary N) is 2. The van der Waals surface area contributed by atoms with E-state index in [-0.39, 0.29) is 0 Å². The normalized spacial score (nSPS) is 15.4. The molecule has 0 fully saturated rings. The zero-order chi connectivity index (χ0) is 33.9. The highest BCUT2D eigenvalue weighted by atomic mass is 35.5. The monoisotopic (exact) mass is 726 g/mol. The highest BCUT2D eigenvalue weighted by Crippen LogP contribution is 2.52. The number of fused-ring (bicyclic) bond motifs is 6. The standard InChI is InChI=1S/C37H30Cl4N8/c1-2-3-8-17-37(48-20-43-33-34(48)24-10-5-7-12-30(24)44-35(33)42)46-31-23-9-4-6-11-29(23)45-36(32(31)47-37)49(21-13-15-25(38)27(40)18-21)22-14-16-26(39)28(41)19-22/h4-7,9-16,18-20,46-47H,2-3,8,17H2,1H3,(H2,42,44). The summed E-state index contributed by atoms with van der Waals surface area (Å²) in [7, 11) is 0. The number of unbranched alkanes of at least 4 members (excludes halogenated alkanes) is 2. The highest BCUT2D eigenvalue weighted by molar-refractivity contribution is 6.42. The van der Waals surface area contributed by atoms with Gasteiger partial charge >= 0.3 is 0 Å². The summed E-state index contributed by atoms with van der Waals surface area (Å²) in [5, 5.41) is 11.5. The first kappa shape index (κ1) is 31.8. The average molecular weight is 729 g/mol. The van der Waals surface area contributed by atoms with E-state index in [2.05, 4.69) is 39.2 Å². The second-order valence-corrected chi connectivity index (χ2v) is 13.8. The van der Waals surface area contributed by atoms with Crippen molar-refractivity contribution in [2.75, 3.05) is 21.3 Å². The first-order valence-electron chi connectivity index (χ1n) is 16.0. The Morgan fingerprint density at radius 2 is 1.35 bits per heavy atom. The number of halogens is 4. The quantitative estimate of drug-likeness (QED) is 0.134. The van der Waals surface area contributed by atoms with Crippen LogP contribution in [0.5, 0.6) is 0 Å². The van der Waals surface area contributed by atoms with E-state index in [4.69, 9.17) is 62.1 Å². The third kappa shape index (κ3) is 5.34. The lowest BCUT2D eigenvalue weighted by molar-refractivity contribution is 0.361. The molecule has 0 amide bonds. The third-order valence-electron chi connectivity index (χ3n) is 9.04. The summed E-state index contributed by atoms with van der Waals surface area (Å²) in [6, 6.07) is 27.1. The summed E-state index contributed by atoms with van der Waals surface area (Å²) < 4.78 is 2.17. The van der Waals surface area contributed by atoms with Crippen molar-refractivity contribution < 1.29 is 0 Å². The van der Waals surface area contributed by atoms with Gasteiger partial charge in [-0.2, -0.15) is 0 Å². The predicted molar refractivity (Wildman–Crippen MR) is 205 cm³/mol. The van der Waals surface area contributed by atoms with Crippen molar-refractivity contribution in [2.45, 2.75) is 38.4 Å². The summed E-state index contributed by atoms with van der Waals surface area (Å²) in [6.07, 6.45) is 5.62. The van der Waals surface area contributed by atoms with Crippen molar-refractivity contribution in [3.05, 3.63) is 111 Å². The van der Waals surface area contributed by atoms with Gasteiger partial charge in [0, 0.05) is 28.6 Å². The molecule has 0 saturated carbocycles. The second kappa shape index (κ2) is 12.4. The molecule has 1 aliphatic heterocycles. The third-order valence-corrected chi connectivity index (χ3v) is 10.5. The van der Waals surface area contributed by atoms with Gasteiger partial charge in [-0.3, -0.25) is 9.47 Å². The number of benzene rings is 4. The number of pyridine rings is 2. The molecule has 7 aromatic rings. The van der Waals surface area contributed by atoms with Crippen LogP contribution in [0.4, 0.5) is 34.4 Å². The molecule has 0 saturated heterocycles. The SMILES string of the molecule is CCCCCC1(n2cnc3c(N)nc4ccccc4c32)Nc2c(N(c3ccc(Cl)c(Cl)c3)c3ccc(Cl)c(Cl)c3)nc3ccccc3c2N1. The van der Waals surface area contributed by atoms with Gasteiger partial charge < -0.3 is 16.4 Å². The molecule has 49 heavy (non-hydrogen) atoms. The van der Waals surface area contributed by atoms with Crippen LogP contribution >= 0.6 is 46.4 Å². The summed E-state index contributed by atoms with van der Waals surface area (Å²) in [5.74, 6) is 0.167. The van der Waals surface area contributed by atoms with Crippen molar-refractivity contribution in [3.63, 3.8) is 0 Å². The molecule has 8 nitrogen and oxygen atoms in total. The van der Waals surface area contributed by atoms with Gasteiger partial charge in [-0.25, -0.2) is 15.0 Å². The lowest BCUT2D eigenvalue weighted by Gasteiger charge is -2.34. The first-order chi connectivity index (χ1) is 23.8. The number of hydrogen-bond acceptors (Lipinski definition) is 7. The molecular formula is C37H30Cl4N8. The highest BCUT2D eigenvalue weighted by Gasteiger charge is 2.43. The number of hydrogen-bond donors (Lipinski definition) is 3. The van der Waals surface area contributed by atoms with Crippen LogP contribution in [0, 0.1) is 0 Å². The fourth-order valence-electron chi connectivity index (χ4n) is 6.73. The molecule has 8 rings (SSSR count). The molecule has 3 aromatic heterocycles. The van der Waals surface area contributed by atoms with Crippen LogP contribution in [-0.2, 0) is 5.79 Å². The van der Waals surface area contributed by atoms with E-state index in [0.717, 1.165) is 75.8 Å². The maximum Gasteiger partial charge on any atom is 0.192 e. The molecule has 0 spiro atoms. The Balaban J connectivity index is 1.41. The van der Waals surface area contributed by atoms with E-state index in [1.165, 1.54) is 0 Å². The van der Waals surface area contributed by atoms with Crippen LogP contribution < -0.4 is 21.3 Å². The van der Waals surface area contributed by atoms with Crippen LogP contribution in [0.15, 0.2) is 91.3 Å². The minimum atomic E-state index is -0.843. The van der Waals surface area contributed by atoms with E-state index in [9.17, 15) is 0 Å². The van der Waals surface area contributed by atoms with Crippen molar-refractivity contribution in [3.8, 4) is 0 Å². The number of para-hydroxylation sites is 2. The molecule has 0 aliphatic carbocycles. The van der Waals surface area contributed by atoms with E-state index >= 15 is 0 Å². The van der Waals surface area contributed by atoms with Crippen LogP contribution in [0.3, 0.4) is 0 Å². The molecule has 4 aromatic carbocycles.